The number of hydrogen-bond donors (Lipinski definition) is 0. The van der Waals surface area contributed by atoms with E-state index in [0.717, 1.165) is 33.5 Å². The highest BCUT2D eigenvalue weighted by molar-refractivity contribution is 6.08. The van der Waals surface area contributed by atoms with Crippen molar-refractivity contribution < 1.29 is 37.0 Å². The Balaban J connectivity index is 3.55. The Kier molecular flexibility index (Phi) is 4.59. The average molecular weight is 292 g/mol. The van der Waals surface area contributed by atoms with Crippen molar-refractivity contribution >= 4 is 11.8 Å². The number of esters is 1. The van der Waals surface area contributed by atoms with Gasteiger partial charge in [-0.05, 0) is 12.2 Å². The van der Waals surface area contributed by atoms with Crippen molar-refractivity contribution in [3.05, 3.63) is 34.8 Å². The molecule has 0 heterocycles. The zero-order valence-corrected chi connectivity index (χ0v) is 10.8. The third-order valence-corrected chi connectivity index (χ3v) is 2.42. The minimum absolute atomic E-state index is 0.370. The van der Waals surface area contributed by atoms with E-state index in [1.807, 2.05) is 0 Å². The van der Waals surface area contributed by atoms with Crippen LogP contribution in [0.15, 0.2) is 34.8 Å². The minimum atomic E-state index is -4.95. The molecule has 0 aromatic heterocycles. The van der Waals surface area contributed by atoms with Crippen molar-refractivity contribution in [3.8, 4) is 0 Å². The second-order valence-electron chi connectivity index (χ2n) is 3.57. The smallest absolute Gasteiger partial charge is 0.423 e. The summed E-state index contributed by atoms with van der Waals surface area (Å²) in [4.78, 5) is 22.9. The fourth-order valence-electron chi connectivity index (χ4n) is 1.52. The molecule has 0 amide bonds. The first-order valence-corrected chi connectivity index (χ1v) is 5.22. The molecule has 5 nitrogen and oxygen atoms in total. The molecule has 0 unspecified atom stereocenters. The van der Waals surface area contributed by atoms with E-state index in [9.17, 15) is 22.8 Å². The third kappa shape index (κ3) is 3.01. The number of allylic oxidation sites excluding steroid dienone is 3. The highest BCUT2D eigenvalue weighted by Gasteiger charge is 2.42. The molecule has 0 aromatic carbocycles. The van der Waals surface area contributed by atoms with Crippen LogP contribution in [0.2, 0.25) is 0 Å². The number of ether oxygens (including phenoxy) is 3. The summed E-state index contributed by atoms with van der Waals surface area (Å²) in [5.74, 6) is -3.03. The fraction of sp³-hybridized carbons (Fsp3) is 0.333. The SMILES string of the molecule is COC(=O)C(=C1C=C(OC)C(=O)C(OC)=C1)C(F)(F)F. The number of hydrogen-bond acceptors (Lipinski definition) is 5. The van der Waals surface area contributed by atoms with Gasteiger partial charge in [0.05, 0.1) is 21.3 Å². The molecule has 0 spiro atoms. The van der Waals surface area contributed by atoms with Gasteiger partial charge in [0.2, 0.25) is 0 Å². The number of ketones is 1. The van der Waals surface area contributed by atoms with E-state index in [-0.39, 0.29) is 11.5 Å². The van der Waals surface area contributed by atoms with Crippen molar-refractivity contribution in [1.29, 1.82) is 0 Å². The molecule has 0 bridgehead atoms. The predicted octanol–water partition coefficient (Wildman–Crippen LogP) is 1.66. The molecule has 110 valence electrons. The van der Waals surface area contributed by atoms with Crippen LogP contribution >= 0.6 is 0 Å². The van der Waals surface area contributed by atoms with E-state index in [1.165, 1.54) is 0 Å². The molecule has 20 heavy (non-hydrogen) atoms. The van der Waals surface area contributed by atoms with Gasteiger partial charge in [0, 0.05) is 5.57 Å². The molecule has 0 aliphatic heterocycles. The highest BCUT2D eigenvalue weighted by Crippen LogP contribution is 2.33. The predicted molar refractivity (Wildman–Crippen MR) is 60.3 cm³/mol. The Morgan fingerprint density at radius 3 is 1.80 bits per heavy atom. The Bertz CT molecular complexity index is 500. The van der Waals surface area contributed by atoms with Crippen LogP contribution < -0.4 is 0 Å². The Morgan fingerprint density at radius 1 is 1.05 bits per heavy atom. The first-order chi connectivity index (χ1) is 9.26. The quantitative estimate of drug-likeness (QED) is 0.585. The van der Waals surface area contributed by atoms with Crippen LogP contribution in [0.3, 0.4) is 0 Å². The van der Waals surface area contributed by atoms with Crippen molar-refractivity contribution in [1.82, 2.24) is 0 Å². The van der Waals surface area contributed by atoms with E-state index in [2.05, 4.69) is 14.2 Å². The van der Waals surface area contributed by atoms with Crippen LogP contribution in [0.25, 0.3) is 0 Å². The van der Waals surface area contributed by atoms with Crippen molar-refractivity contribution in [3.63, 3.8) is 0 Å². The van der Waals surface area contributed by atoms with Gasteiger partial charge in [-0.2, -0.15) is 13.2 Å². The van der Waals surface area contributed by atoms with Gasteiger partial charge in [-0.1, -0.05) is 0 Å². The van der Waals surface area contributed by atoms with Gasteiger partial charge in [-0.25, -0.2) is 4.79 Å². The van der Waals surface area contributed by atoms with E-state index in [0.29, 0.717) is 0 Å². The summed E-state index contributed by atoms with van der Waals surface area (Å²) in [7, 11) is 3.06. The lowest BCUT2D eigenvalue weighted by atomic mass is 9.99. The number of alkyl halides is 3. The van der Waals surface area contributed by atoms with Crippen LogP contribution in [0, 0.1) is 0 Å². The summed E-state index contributed by atoms with van der Waals surface area (Å²) >= 11 is 0. The van der Waals surface area contributed by atoms with E-state index >= 15 is 0 Å². The standard InChI is InChI=1S/C12H11F3O5/c1-18-7-4-6(5-8(19-2)10(7)16)9(11(17)20-3)12(13,14)15/h4-5H,1-3H3. The van der Waals surface area contributed by atoms with Crippen LogP contribution in [0.4, 0.5) is 13.2 Å². The number of Topliss-reactive ketones (excluding diaryl/α,β-unsaturated/α-hetero) is 1. The van der Waals surface area contributed by atoms with Gasteiger partial charge in [0.25, 0.3) is 5.78 Å². The van der Waals surface area contributed by atoms with Gasteiger partial charge in [0.15, 0.2) is 11.5 Å². The summed E-state index contributed by atoms with van der Waals surface area (Å²) < 4.78 is 52.2. The van der Waals surface area contributed by atoms with Crippen LogP contribution in [-0.4, -0.2) is 39.3 Å². The highest BCUT2D eigenvalue weighted by atomic mass is 19.4. The molecular weight excluding hydrogens is 281 g/mol. The molecule has 8 heteroatoms. The zero-order chi connectivity index (χ0) is 15.5. The molecule has 0 N–H and O–H groups in total. The van der Waals surface area contributed by atoms with Crippen LogP contribution in [0.1, 0.15) is 0 Å². The van der Waals surface area contributed by atoms with Crippen molar-refractivity contribution in [2.75, 3.05) is 21.3 Å². The first kappa shape index (κ1) is 15.8. The van der Waals surface area contributed by atoms with E-state index < -0.39 is 29.1 Å². The lowest BCUT2D eigenvalue weighted by molar-refractivity contribution is -0.148. The molecule has 0 saturated heterocycles. The second-order valence-corrected chi connectivity index (χ2v) is 3.57. The number of rotatable bonds is 3. The largest absolute Gasteiger partial charge is 0.492 e. The molecule has 0 saturated carbocycles. The summed E-state index contributed by atoms with van der Waals surface area (Å²) in [6.45, 7) is 0. The Labute approximate surface area is 112 Å². The molecule has 1 rings (SSSR count). The third-order valence-electron chi connectivity index (χ3n) is 2.42. The van der Waals surface area contributed by atoms with E-state index in [4.69, 9.17) is 0 Å². The topological polar surface area (TPSA) is 61.8 Å². The molecule has 0 aromatic rings. The normalized spacial score (nSPS) is 15.3. The van der Waals surface area contributed by atoms with Gasteiger partial charge in [0.1, 0.15) is 5.57 Å². The first-order valence-electron chi connectivity index (χ1n) is 5.22. The van der Waals surface area contributed by atoms with Crippen molar-refractivity contribution in [2.45, 2.75) is 6.18 Å². The zero-order valence-electron chi connectivity index (χ0n) is 10.8. The minimum Gasteiger partial charge on any atom is -0.492 e. The Hall–Kier alpha value is -2.25. The summed E-state index contributed by atoms with van der Waals surface area (Å²) in [6.07, 6.45) is -3.33. The van der Waals surface area contributed by atoms with E-state index in [1.54, 1.807) is 0 Å². The maximum absolute atomic E-state index is 12.9. The summed E-state index contributed by atoms with van der Waals surface area (Å²) in [5.41, 5.74) is -2.12. The van der Waals surface area contributed by atoms with Crippen LogP contribution in [-0.2, 0) is 23.8 Å². The second kappa shape index (κ2) is 5.81. The molecule has 1 aliphatic carbocycles. The van der Waals surface area contributed by atoms with Crippen LogP contribution in [0.5, 0.6) is 0 Å². The van der Waals surface area contributed by atoms with Gasteiger partial charge < -0.3 is 14.2 Å². The lowest BCUT2D eigenvalue weighted by Crippen LogP contribution is -2.24. The fourth-order valence-corrected chi connectivity index (χ4v) is 1.52. The monoisotopic (exact) mass is 292 g/mol. The Morgan fingerprint density at radius 2 is 1.50 bits per heavy atom. The number of halogens is 3. The molecule has 0 fully saturated rings. The summed E-state index contributed by atoms with van der Waals surface area (Å²) in [5, 5.41) is 0. The lowest BCUT2D eigenvalue weighted by Gasteiger charge is -2.17. The number of carbonyl (C=O) groups is 2. The van der Waals surface area contributed by atoms with Crippen molar-refractivity contribution in [2.24, 2.45) is 0 Å². The number of carbonyl (C=O) groups excluding carboxylic acids is 2. The number of methoxy groups -OCH3 is 3. The maximum atomic E-state index is 12.9. The van der Waals surface area contributed by atoms with Gasteiger partial charge in [-0.15, -0.1) is 0 Å². The molecular formula is C12H11F3O5. The molecule has 1 aliphatic rings. The average Bonchev–Trinajstić information content (AvgIpc) is 2.38. The maximum Gasteiger partial charge on any atom is 0.423 e. The molecule has 0 radical (unpaired) electrons. The van der Waals surface area contributed by atoms with Gasteiger partial charge in [-0.3, -0.25) is 4.79 Å². The molecule has 0 atom stereocenters. The summed E-state index contributed by atoms with van der Waals surface area (Å²) in [6, 6.07) is 0. The van der Waals surface area contributed by atoms with Gasteiger partial charge >= 0.3 is 12.1 Å².